The van der Waals surface area contributed by atoms with Crippen molar-refractivity contribution in [1.29, 1.82) is 0 Å². The van der Waals surface area contributed by atoms with E-state index in [1.165, 1.54) is 0 Å². The fourth-order valence-electron chi connectivity index (χ4n) is 0.551. The number of aromatic nitrogens is 2. The Bertz CT molecular complexity index is 450. The number of nitrogens with one attached hydrogen (secondary N) is 1. The highest BCUT2D eigenvalue weighted by atomic mass is 32.2. The van der Waals surface area contributed by atoms with E-state index in [2.05, 4.69) is 4.98 Å². The molecule has 1 N–H and O–H groups in total. The van der Waals surface area contributed by atoms with Crippen LogP contribution in [0, 0.1) is 5.82 Å². The van der Waals surface area contributed by atoms with Gasteiger partial charge in [-0.1, -0.05) is 0 Å². The molecular weight excluding hydrogens is 187 g/mol. The molecule has 0 unspecified atom stereocenters. The van der Waals surface area contributed by atoms with Crippen molar-refractivity contribution in [3.8, 4) is 0 Å². The third kappa shape index (κ3) is 1.67. The van der Waals surface area contributed by atoms with Gasteiger partial charge in [0.15, 0.2) is 0 Å². The average Bonchev–Trinajstić information content (AvgIpc) is 1.92. The highest BCUT2D eigenvalue weighted by molar-refractivity contribution is 7.90. The standard InChI is InChI=1S/C5H5FN2O3S/c1-12(10,11)5-7-2-3(6)4(9)8-5/h2H,1H3,(H,7,8,9). The molecule has 0 amide bonds. The molecule has 1 aromatic rings. The molecule has 0 atom stereocenters. The number of halogens is 1. The lowest BCUT2D eigenvalue weighted by atomic mass is 10.6. The zero-order valence-corrected chi connectivity index (χ0v) is 6.85. The Hall–Kier alpha value is -1.24. The molecule has 1 heterocycles. The van der Waals surface area contributed by atoms with E-state index < -0.39 is 26.4 Å². The van der Waals surface area contributed by atoms with E-state index in [-0.39, 0.29) is 0 Å². The second-order valence-electron chi connectivity index (χ2n) is 2.14. The van der Waals surface area contributed by atoms with Crippen molar-refractivity contribution < 1.29 is 12.8 Å². The number of rotatable bonds is 1. The lowest BCUT2D eigenvalue weighted by molar-refractivity contribution is 0.572. The Labute approximate surface area is 67.2 Å². The summed E-state index contributed by atoms with van der Waals surface area (Å²) in [5, 5.41) is -0.533. The maximum Gasteiger partial charge on any atom is 0.287 e. The second kappa shape index (κ2) is 2.67. The maximum absolute atomic E-state index is 12.3. The lowest BCUT2D eigenvalue weighted by Crippen LogP contribution is -2.16. The van der Waals surface area contributed by atoms with Crippen LogP contribution in [0.2, 0.25) is 0 Å². The molecule has 0 saturated carbocycles. The van der Waals surface area contributed by atoms with Gasteiger partial charge in [0, 0.05) is 6.26 Å². The minimum Gasteiger partial charge on any atom is -0.295 e. The van der Waals surface area contributed by atoms with Crippen LogP contribution in [0.25, 0.3) is 0 Å². The van der Waals surface area contributed by atoms with Crippen LogP contribution in [-0.2, 0) is 9.84 Å². The Morgan fingerprint density at radius 2 is 2.17 bits per heavy atom. The molecular formula is C5H5FN2O3S. The SMILES string of the molecule is CS(=O)(=O)c1ncc(F)c(=O)[nH]1. The second-order valence-corrected chi connectivity index (χ2v) is 4.07. The largest absolute Gasteiger partial charge is 0.295 e. The monoisotopic (exact) mass is 192 g/mol. The number of hydrogen-bond acceptors (Lipinski definition) is 4. The van der Waals surface area contributed by atoms with Gasteiger partial charge in [-0.2, -0.15) is 4.39 Å². The summed E-state index contributed by atoms with van der Waals surface area (Å²) in [7, 11) is -3.58. The van der Waals surface area contributed by atoms with E-state index in [0.29, 0.717) is 6.20 Å². The Morgan fingerprint density at radius 3 is 2.58 bits per heavy atom. The van der Waals surface area contributed by atoms with Gasteiger partial charge in [-0.25, -0.2) is 13.4 Å². The molecule has 12 heavy (non-hydrogen) atoms. The molecule has 5 nitrogen and oxygen atoms in total. The zero-order chi connectivity index (χ0) is 9.35. The van der Waals surface area contributed by atoms with E-state index in [0.717, 1.165) is 6.26 Å². The van der Waals surface area contributed by atoms with Gasteiger partial charge >= 0.3 is 0 Å². The molecule has 0 aromatic carbocycles. The van der Waals surface area contributed by atoms with Crippen molar-refractivity contribution in [1.82, 2.24) is 9.97 Å². The first-order valence-electron chi connectivity index (χ1n) is 2.86. The Kier molecular flexibility index (Phi) is 1.97. The van der Waals surface area contributed by atoms with Crippen LogP contribution < -0.4 is 5.56 Å². The van der Waals surface area contributed by atoms with Crippen LogP contribution in [0.5, 0.6) is 0 Å². The average molecular weight is 192 g/mol. The molecule has 0 aliphatic carbocycles. The van der Waals surface area contributed by atoms with Crippen molar-refractivity contribution in [2.24, 2.45) is 0 Å². The summed E-state index contributed by atoms with van der Waals surface area (Å²) >= 11 is 0. The molecule has 66 valence electrons. The minimum absolute atomic E-state index is 0.533. The van der Waals surface area contributed by atoms with Gasteiger partial charge in [-0.15, -0.1) is 0 Å². The van der Waals surface area contributed by atoms with Crippen LogP contribution in [0.3, 0.4) is 0 Å². The molecule has 0 saturated heterocycles. The van der Waals surface area contributed by atoms with Gasteiger partial charge < -0.3 is 0 Å². The third-order valence-electron chi connectivity index (χ3n) is 1.08. The van der Waals surface area contributed by atoms with Crippen LogP contribution in [-0.4, -0.2) is 24.6 Å². The maximum atomic E-state index is 12.3. The first-order chi connectivity index (χ1) is 5.41. The third-order valence-corrected chi connectivity index (χ3v) is 1.99. The normalized spacial score (nSPS) is 11.5. The summed E-state index contributed by atoms with van der Waals surface area (Å²) in [6.45, 7) is 0. The number of nitrogens with zero attached hydrogens (tertiary/aromatic N) is 1. The van der Waals surface area contributed by atoms with Gasteiger partial charge in [-0.3, -0.25) is 9.78 Å². The molecule has 1 aromatic heterocycles. The lowest BCUT2D eigenvalue weighted by Gasteiger charge is -1.94. The molecule has 0 radical (unpaired) electrons. The van der Waals surface area contributed by atoms with Gasteiger partial charge in [0.25, 0.3) is 5.56 Å². The summed E-state index contributed by atoms with van der Waals surface area (Å²) in [6, 6.07) is 0. The predicted molar refractivity (Wildman–Crippen MR) is 37.9 cm³/mol. The first kappa shape index (κ1) is 8.85. The number of aromatic amines is 1. The summed E-state index contributed by atoms with van der Waals surface area (Å²) in [5.41, 5.74) is -1.09. The molecule has 0 aliphatic rings. The predicted octanol–water partition coefficient (Wildman–Crippen LogP) is -0.688. The smallest absolute Gasteiger partial charge is 0.287 e. The van der Waals surface area contributed by atoms with Crippen molar-refractivity contribution in [2.45, 2.75) is 5.16 Å². The van der Waals surface area contributed by atoms with Gasteiger partial charge in [0.05, 0.1) is 6.20 Å². The topological polar surface area (TPSA) is 79.9 Å². The van der Waals surface area contributed by atoms with Gasteiger partial charge in [0.2, 0.25) is 20.8 Å². The number of H-pyrrole nitrogens is 1. The van der Waals surface area contributed by atoms with Crippen LogP contribution >= 0.6 is 0 Å². The Balaban J connectivity index is 3.43. The minimum atomic E-state index is -3.58. The Morgan fingerprint density at radius 1 is 1.58 bits per heavy atom. The molecule has 1 rings (SSSR count). The van der Waals surface area contributed by atoms with Gasteiger partial charge in [0.1, 0.15) is 0 Å². The molecule has 7 heteroatoms. The number of hydrogen-bond donors (Lipinski definition) is 1. The molecule has 0 bridgehead atoms. The van der Waals surface area contributed by atoms with E-state index in [4.69, 9.17) is 0 Å². The fraction of sp³-hybridized carbons (Fsp3) is 0.200. The summed E-state index contributed by atoms with van der Waals surface area (Å²) in [5.74, 6) is -1.11. The molecule has 0 fully saturated rings. The van der Waals surface area contributed by atoms with Crippen LogP contribution in [0.1, 0.15) is 0 Å². The summed E-state index contributed by atoms with van der Waals surface area (Å²) < 4.78 is 33.8. The van der Waals surface area contributed by atoms with Crippen molar-refractivity contribution in [2.75, 3.05) is 6.26 Å². The van der Waals surface area contributed by atoms with E-state index >= 15 is 0 Å². The first-order valence-corrected chi connectivity index (χ1v) is 4.75. The van der Waals surface area contributed by atoms with Crippen LogP contribution in [0.15, 0.2) is 16.1 Å². The molecule has 0 spiro atoms. The van der Waals surface area contributed by atoms with Crippen molar-refractivity contribution >= 4 is 9.84 Å². The summed E-state index contributed by atoms with van der Waals surface area (Å²) in [6.07, 6.45) is 1.43. The number of sulfone groups is 1. The van der Waals surface area contributed by atoms with Gasteiger partial charge in [-0.05, 0) is 0 Å². The fourth-order valence-corrected chi connectivity index (χ4v) is 1.07. The highest BCUT2D eigenvalue weighted by Crippen LogP contribution is 1.96. The van der Waals surface area contributed by atoms with Crippen molar-refractivity contribution in [3.05, 3.63) is 22.4 Å². The highest BCUT2D eigenvalue weighted by Gasteiger charge is 2.10. The van der Waals surface area contributed by atoms with E-state index in [1.54, 1.807) is 4.98 Å². The van der Waals surface area contributed by atoms with E-state index in [9.17, 15) is 17.6 Å². The quantitative estimate of drug-likeness (QED) is 0.597. The van der Waals surface area contributed by atoms with Crippen LogP contribution in [0.4, 0.5) is 4.39 Å². The zero-order valence-electron chi connectivity index (χ0n) is 6.04. The van der Waals surface area contributed by atoms with Crippen molar-refractivity contribution in [3.63, 3.8) is 0 Å². The molecule has 0 aliphatic heterocycles. The summed E-state index contributed by atoms with van der Waals surface area (Å²) in [4.78, 5) is 15.5. The van der Waals surface area contributed by atoms with E-state index in [1.807, 2.05) is 0 Å².